The molecule has 0 fully saturated rings. The first-order valence-corrected chi connectivity index (χ1v) is 6.58. The molecule has 0 spiro atoms. The Bertz CT molecular complexity index is 446. The highest BCUT2D eigenvalue weighted by Gasteiger charge is 2.29. The molecule has 0 radical (unpaired) electrons. The normalized spacial score (nSPS) is 12.8. The largest absolute Gasteiger partial charge is 0.416 e. The molecule has 0 aliphatic carbocycles. The molecule has 0 aromatic heterocycles. The van der Waals surface area contributed by atoms with Crippen LogP contribution >= 0.6 is 0 Å². The van der Waals surface area contributed by atoms with Crippen LogP contribution in [0, 0.1) is 0 Å². The van der Waals surface area contributed by atoms with Gasteiger partial charge in [0.05, 0.1) is 11.3 Å². The van der Waals surface area contributed by atoms with Crippen molar-refractivity contribution in [1.29, 1.82) is 0 Å². The zero-order valence-electron chi connectivity index (χ0n) is 8.58. The quantitative estimate of drug-likeness (QED) is 0.827. The van der Waals surface area contributed by atoms with Crippen molar-refractivity contribution in [2.45, 2.75) is 12.6 Å². The Morgan fingerprint density at radius 2 is 1.62 bits per heavy atom. The van der Waals surface area contributed by atoms with E-state index in [1.54, 1.807) is 0 Å². The highest BCUT2D eigenvalue weighted by Crippen LogP contribution is 2.29. The Hall–Kier alpha value is -1.04. The molecule has 2 nitrogen and oxygen atoms in total. The van der Waals surface area contributed by atoms with Gasteiger partial charge in [-0.2, -0.15) is 13.2 Å². The van der Waals surface area contributed by atoms with Crippen molar-refractivity contribution in [3.63, 3.8) is 0 Å². The molecular formula is C10H11F3O2S. The Labute approximate surface area is 92.0 Å². The molecule has 90 valence electrons. The van der Waals surface area contributed by atoms with E-state index in [1.807, 2.05) is 0 Å². The minimum absolute atomic E-state index is 0.0572. The SMILES string of the molecule is CS(=O)(=O)CCc1ccc(C(F)(F)F)cc1. The smallest absolute Gasteiger partial charge is 0.229 e. The summed E-state index contributed by atoms with van der Waals surface area (Å²) in [6.45, 7) is 0. The van der Waals surface area contributed by atoms with E-state index in [-0.39, 0.29) is 12.2 Å². The lowest BCUT2D eigenvalue weighted by Gasteiger charge is -2.07. The number of benzene rings is 1. The van der Waals surface area contributed by atoms with Gasteiger partial charge < -0.3 is 0 Å². The Morgan fingerprint density at radius 1 is 1.12 bits per heavy atom. The summed E-state index contributed by atoms with van der Waals surface area (Å²) in [7, 11) is -3.08. The summed E-state index contributed by atoms with van der Waals surface area (Å²) >= 11 is 0. The molecule has 0 saturated carbocycles. The van der Waals surface area contributed by atoms with Gasteiger partial charge in [0.15, 0.2) is 0 Å². The van der Waals surface area contributed by atoms with Gasteiger partial charge >= 0.3 is 6.18 Å². The van der Waals surface area contributed by atoms with Gasteiger partial charge in [0.25, 0.3) is 0 Å². The Kier molecular flexibility index (Phi) is 3.62. The summed E-state index contributed by atoms with van der Waals surface area (Å²) in [5.41, 5.74) is -0.144. The minimum Gasteiger partial charge on any atom is -0.229 e. The minimum atomic E-state index is -4.35. The predicted octanol–water partition coefficient (Wildman–Crippen LogP) is 2.29. The van der Waals surface area contributed by atoms with Crippen molar-refractivity contribution in [3.8, 4) is 0 Å². The monoisotopic (exact) mass is 252 g/mol. The fraction of sp³-hybridized carbons (Fsp3) is 0.400. The van der Waals surface area contributed by atoms with Crippen LogP contribution in [0.2, 0.25) is 0 Å². The van der Waals surface area contributed by atoms with Crippen LogP contribution in [-0.4, -0.2) is 20.4 Å². The van der Waals surface area contributed by atoms with Gasteiger partial charge in [0, 0.05) is 6.26 Å². The van der Waals surface area contributed by atoms with Gasteiger partial charge in [-0.3, -0.25) is 0 Å². The summed E-state index contributed by atoms with van der Waals surface area (Å²) in [5, 5.41) is 0. The summed E-state index contributed by atoms with van der Waals surface area (Å²) in [4.78, 5) is 0. The molecule has 0 heterocycles. The van der Waals surface area contributed by atoms with E-state index in [0.717, 1.165) is 18.4 Å². The van der Waals surface area contributed by atoms with Crippen molar-refractivity contribution < 1.29 is 21.6 Å². The molecular weight excluding hydrogens is 241 g/mol. The lowest BCUT2D eigenvalue weighted by molar-refractivity contribution is -0.137. The molecule has 0 amide bonds. The van der Waals surface area contributed by atoms with Crippen LogP contribution < -0.4 is 0 Å². The number of halogens is 3. The summed E-state index contributed by atoms with van der Waals surface area (Å²) in [5.74, 6) is -0.0572. The van der Waals surface area contributed by atoms with Gasteiger partial charge in [-0.15, -0.1) is 0 Å². The van der Waals surface area contributed by atoms with Gasteiger partial charge in [0.2, 0.25) is 0 Å². The first-order chi connectivity index (χ1) is 7.18. The van der Waals surface area contributed by atoms with Crippen LogP contribution in [0.25, 0.3) is 0 Å². The zero-order chi connectivity index (χ0) is 12.4. The maximum Gasteiger partial charge on any atom is 0.416 e. The second-order valence-corrected chi connectivity index (χ2v) is 5.83. The molecule has 6 heteroatoms. The molecule has 1 aromatic carbocycles. The number of alkyl halides is 3. The summed E-state index contributed by atoms with van der Waals surface area (Å²) in [6, 6.07) is 4.51. The van der Waals surface area contributed by atoms with Gasteiger partial charge in [0.1, 0.15) is 9.84 Å². The van der Waals surface area contributed by atoms with Crippen LogP contribution in [-0.2, 0) is 22.4 Å². The third-order valence-electron chi connectivity index (χ3n) is 2.04. The first kappa shape index (κ1) is 13.0. The van der Waals surface area contributed by atoms with Gasteiger partial charge in [-0.1, -0.05) is 12.1 Å². The molecule has 0 bridgehead atoms. The van der Waals surface area contributed by atoms with Gasteiger partial charge in [-0.05, 0) is 24.1 Å². The van der Waals surface area contributed by atoms with Crippen molar-refractivity contribution in [3.05, 3.63) is 35.4 Å². The molecule has 0 atom stereocenters. The topological polar surface area (TPSA) is 34.1 Å². The predicted molar refractivity (Wildman–Crippen MR) is 54.9 cm³/mol. The second kappa shape index (κ2) is 4.45. The third-order valence-corrected chi connectivity index (χ3v) is 2.99. The third kappa shape index (κ3) is 4.22. The van der Waals surface area contributed by atoms with Crippen molar-refractivity contribution in [2.24, 2.45) is 0 Å². The standard InChI is InChI=1S/C10H11F3O2S/c1-16(14,15)7-6-8-2-4-9(5-3-8)10(11,12)13/h2-5H,6-7H2,1H3. The summed E-state index contributed by atoms with van der Waals surface area (Å²) < 4.78 is 58.3. The Morgan fingerprint density at radius 3 is 2.00 bits per heavy atom. The van der Waals surface area contributed by atoms with Crippen molar-refractivity contribution in [2.75, 3.05) is 12.0 Å². The number of rotatable bonds is 3. The fourth-order valence-corrected chi connectivity index (χ4v) is 1.77. The number of hydrogen-bond acceptors (Lipinski definition) is 2. The van der Waals surface area contributed by atoms with Crippen LogP contribution in [0.4, 0.5) is 13.2 Å². The van der Waals surface area contributed by atoms with E-state index < -0.39 is 21.6 Å². The summed E-state index contributed by atoms with van der Waals surface area (Å²) in [6.07, 6.45) is -3.02. The van der Waals surface area contributed by atoms with E-state index in [9.17, 15) is 21.6 Å². The Balaban J connectivity index is 2.73. The van der Waals surface area contributed by atoms with E-state index in [2.05, 4.69) is 0 Å². The van der Waals surface area contributed by atoms with Crippen LogP contribution in [0.3, 0.4) is 0 Å². The molecule has 0 aliphatic rings. The zero-order valence-corrected chi connectivity index (χ0v) is 9.40. The first-order valence-electron chi connectivity index (χ1n) is 4.52. The van der Waals surface area contributed by atoms with Crippen LogP contribution in [0.1, 0.15) is 11.1 Å². The number of hydrogen-bond donors (Lipinski definition) is 0. The molecule has 16 heavy (non-hydrogen) atoms. The molecule has 0 aliphatic heterocycles. The van der Waals surface area contributed by atoms with Gasteiger partial charge in [-0.25, -0.2) is 8.42 Å². The second-order valence-electron chi connectivity index (χ2n) is 3.57. The molecule has 0 N–H and O–H groups in total. The van der Waals surface area contributed by atoms with Crippen LogP contribution in [0.5, 0.6) is 0 Å². The van der Waals surface area contributed by atoms with E-state index in [0.29, 0.717) is 5.56 Å². The van der Waals surface area contributed by atoms with E-state index in [1.165, 1.54) is 12.1 Å². The average molecular weight is 252 g/mol. The molecule has 1 rings (SSSR count). The number of aryl methyl sites for hydroxylation is 1. The lowest BCUT2D eigenvalue weighted by atomic mass is 10.1. The van der Waals surface area contributed by atoms with E-state index >= 15 is 0 Å². The maximum absolute atomic E-state index is 12.2. The van der Waals surface area contributed by atoms with Crippen LogP contribution in [0.15, 0.2) is 24.3 Å². The van der Waals surface area contributed by atoms with Crippen molar-refractivity contribution in [1.82, 2.24) is 0 Å². The lowest BCUT2D eigenvalue weighted by Crippen LogP contribution is -2.07. The fourth-order valence-electron chi connectivity index (χ4n) is 1.16. The highest BCUT2D eigenvalue weighted by molar-refractivity contribution is 7.90. The highest BCUT2D eigenvalue weighted by atomic mass is 32.2. The van der Waals surface area contributed by atoms with Crippen molar-refractivity contribution >= 4 is 9.84 Å². The molecule has 1 aromatic rings. The van der Waals surface area contributed by atoms with E-state index in [4.69, 9.17) is 0 Å². The maximum atomic E-state index is 12.2. The molecule has 0 unspecified atom stereocenters. The molecule has 0 saturated heterocycles. The average Bonchev–Trinajstić information content (AvgIpc) is 2.13. The number of sulfone groups is 1.